The van der Waals surface area contributed by atoms with Crippen LogP contribution in [-0.2, 0) is 9.59 Å². The molecule has 3 aromatic rings. The summed E-state index contributed by atoms with van der Waals surface area (Å²) in [5.41, 5.74) is 0.913. The van der Waals surface area contributed by atoms with Gasteiger partial charge in [0.25, 0.3) is 11.7 Å². The number of benzene rings is 2. The van der Waals surface area contributed by atoms with Crippen LogP contribution in [0.5, 0.6) is 17.2 Å². The first-order valence-electron chi connectivity index (χ1n) is 10.4. The number of Topliss-reactive ketones (excluding diaryl/α,β-unsaturated/α-hetero) is 1. The Hall–Kier alpha value is -3.78. The highest BCUT2D eigenvalue weighted by molar-refractivity contribution is 7.10. The van der Waals surface area contributed by atoms with Gasteiger partial charge in [-0.1, -0.05) is 18.2 Å². The predicted molar refractivity (Wildman–Crippen MR) is 124 cm³/mol. The third kappa shape index (κ3) is 3.72. The lowest BCUT2D eigenvalue weighted by atomic mass is 9.99. The second-order valence-corrected chi connectivity index (χ2v) is 8.90. The second-order valence-electron chi connectivity index (χ2n) is 7.92. The molecule has 5 rings (SSSR count). The molecule has 168 valence electrons. The maximum atomic E-state index is 13.2. The van der Waals surface area contributed by atoms with Crippen LogP contribution >= 0.6 is 11.3 Å². The van der Waals surface area contributed by atoms with E-state index in [9.17, 15) is 14.7 Å². The van der Waals surface area contributed by atoms with Gasteiger partial charge in [-0.25, -0.2) is 0 Å². The van der Waals surface area contributed by atoms with Crippen molar-refractivity contribution >= 4 is 34.5 Å². The number of fused-ring (bicyclic) bond motifs is 1. The second kappa shape index (κ2) is 8.29. The molecule has 0 aliphatic carbocycles. The molecule has 2 aliphatic rings. The van der Waals surface area contributed by atoms with Gasteiger partial charge in [-0.3, -0.25) is 14.5 Å². The molecule has 1 saturated heterocycles. The van der Waals surface area contributed by atoms with E-state index in [1.165, 1.54) is 16.2 Å². The number of aliphatic hydroxyl groups excluding tert-OH is 1. The van der Waals surface area contributed by atoms with Crippen molar-refractivity contribution in [3.63, 3.8) is 0 Å². The number of rotatable bonds is 5. The van der Waals surface area contributed by atoms with Gasteiger partial charge in [0.05, 0.1) is 11.7 Å². The van der Waals surface area contributed by atoms with Gasteiger partial charge in [0.15, 0.2) is 11.5 Å². The van der Waals surface area contributed by atoms with Crippen LogP contribution in [-0.4, -0.2) is 29.7 Å². The number of hydrogen-bond acceptors (Lipinski definition) is 7. The number of hydrogen-bond donors (Lipinski definition) is 1. The van der Waals surface area contributed by atoms with E-state index >= 15 is 0 Å². The Morgan fingerprint density at radius 2 is 1.91 bits per heavy atom. The van der Waals surface area contributed by atoms with E-state index in [2.05, 4.69) is 0 Å². The summed E-state index contributed by atoms with van der Waals surface area (Å²) in [5.74, 6) is -0.0825. The first-order valence-corrected chi connectivity index (χ1v) is 11.3. The van der Waals surface area contributed by atoms with Crippen molar-refractivity contribution in [3.8, 4) is 17.2 Å². The van der Waals surface area contributed by atoms with Crippen LogP contribution in [0.1, 0.15) is 30.3 Å². The summed E-state index contributed by atoms with van der Waals surface area (Å²) in [5, 5.41) is 13.1. The number of carbonyl (C=O) groups is 2. The fourth-order valence-corrected chi connectivity index (χ4v) is 4.82. The summed E-state index contributed by atoms with van der Waals surface area (Å²) in [4.78, 5) is 28.6. The molecule has 2 aliphatic heterocycles. The highest BCUT2D eigenvalue weighted by Gasteiger charge is 2.47. The Morgan fingerprint density at radius 1 is 1.09 bits per heavy atom. The molecule has 2 aromatic carbocycles. The summed E-state index contributed by atoms with van der Waals surface area (Å²) in [6, 6.07) is 14.8. The summed E-state index contributed by atoms with van der Waals surface area (Å²) in [6.07, 6.45) is -0.0508. The number of ether oxygens (including phenoxy) is 3. The van der Waals surface area contributed by atoms with E-state index in [1.807, 2.05) is 31.4 Å². The number of thiophene rings is 1. The minimum atomic E-state index is -0.778. The number of amides is 1. The van der Waals surface area contributed by atoms with Crippen molar-refractivity contribution in [2.75, 3.05) is 11.7 Å². The number of ketones is 1. The summed E-state index contributed by atoms with van der Waals surface area (Å²) in [7, 11) is 0. The monoisotopic (exact) mass is 463 g/mol. The van der Waals surface area contributed by atoms with E-state index in [-0.39, 0.29) is 24.2 Å². The Morgan fingerprint density at radius 3 is 2.67 bits per heavy atom. The van der Waals surface area contributed by atoms with Gasteiger partial charge in [0.2, 0.25) is 6.79 Å². The van der Waals surface area contributed by atoms with Gasteiger partial charge >= 0.3 is 0 Å². The van der Waals surface area contributed by atoms with E-state index in [0.29, 0.717) is 28.5 Å². The van der Waals surface area contributed by atoms with Crippen LogP contribution < -0.4 is 19.1 Å². The molecular weight excluding hydrogens is 442 g/mol. The molecule has 7 nitrogen and oxygen atoms in total. The van der Waals surface area contributed by atoms with E-state index in [1.54, 1.807) is 42.5 Å². The smallest absolute Gasteiger partial charge is 0.300 e. The van der Waals surface area contributed by atoms with Gasteiger partial charge in [-0.2, -0.15) is 0 Å². The predicted octanol–water partition coefficient (Wildman–Crippen LogP) is 4.89. The minimum absolute atomic E-state index is 0.0295. The van der Waals surface area contributed by atoms with Gasteiger partial charge in [-0.05, 0) is 49.6 Å². The fourth-order valence-electron chi connectivity index (χ4n) is 3.99. The molecular formula is C25H21NO6S. The van der Waals surface area contributed by atoms with Crippen LogP contribution in [0.15, 0.2) is 65.6 Å². The Balaban J connectivity index is 1.64. The molecule has 1 aromatic heterocycles. The van der Waals surface area contributed by atoms with Crippen LogP contribution in [0.4, 0.5) is 5.69 Å². The van der Waals surface area contributed by atoms with Gasteiger partial charge in [-0.15, -0.1) is 11.3 Å². The number of aliphatic hydroxyl groups is 1. The summed E-state index contributed by atoms with van der Waals surface area (Å²) < 4.78 is 16.6. The molecule has 1 fully saturated rings. The van der Waals surface area contributed by atoms with Crippen molar-refractivity contribution < 1.29 is 28.9 Å². The Labute approximate surface area is 194 Å². The summed E-state index contributed by atoms with van der Waals surface area (Å²) >= 11 is 1.40. The number of carbonyl (C=O) groups excluding carboxylic acids is 2. The molecule has 1 N–H and O–H groups in total. The SMILES string of the molecule is CC(C)Oc1cccc(/C(O)=C2/C(=O)C(=O)N(c3ccc4c(c3)OCO4)C2c2cccs2)c1. The highest BCUT2D eigenvalue weighted by atomic mass is 32.1. The van der Waals surface area contributed by atoms with Crippen molar-refractivity contribution in [1.29, 1.82) is 0 Å². The van der Waals surface area contributed by atoms with Crippen LogP contribution in [0, 0.1) is 0 Å². The van der Waals surface area contributed by atoms with E-state index in [4.69, 9.17) is 14.2 Å². The topological polar surface area (TPSA) is 85.3 Å². The average molecular weight is 464 g/mol. The Kier molecular flexibility index (Phi) is 5.30. The maximum absolute atomic E-state index is 13.2. The lowest BCUT2D eigenvalue weighted by Crippen LogP contribution is -2.29. The van der Waals surface area contributed by atoms with Gasteiger partial charge in [0, 0.05) is 22.2 Å². The van der Waals surface area contributed by atoms with Crippen LogP contribution in [0.25, 0.3) is 5.76 Å². The van der Waals surface area contributed by atoms with Crippen molar-refractivity contribution in [3.05, 3.63) is 76.0 Å². The standard InChI is InChI=1S/C25H21NO6S/c1-14(2)32-17-6-3-5-15(11-17)23(27)21-22(20-7-4-10-33-20)26(25(29)24(21)28)16-8-9-18-19(12-16)31-13-30-18/h3-12,14,22,27H,13H2,1-2H3/b23-21-. The molecule has 1 amide bonds. The van der Waals surface area contributed by atoms with Crippen molar-refractivity contribution in [1.82, 2.24) is 0 Å². The zero-order valence-corrected chi connectivity index (χ0v) is 18.8. The molecule has 8 heteroatoms. The molecule has 0 saturated carbocycles. The lowest BCUT2D eigenvalue weighted by molar-refractivity contribution is -0.132. The molecule has 1 unspecified atom stereocenters. The molecule has 33 heavy (non-hydrogen) atoms. The molecule has 0 radical (unpaired) electrons. The van der Waals surface area contributed by atoms with E-state index < -0.39 is 17.7 Å². The maximum Gasteiger partial charge on any atom is 0.300 e. The largest absolute Gasteiger partial charge is 0.507 e. The average Bonchev–Trinajstić information content (AvgIpc) is 3.53. The van der Waals surface area contributed by atoms with Crippen molar-refractivity contribution in [2.45, 2.75) is 26.0 Å². The first kappa shape index (κ1) is 21.1. The van der Waals surface area contributed by atoms with E-state index in [0.717, 1.165) is 4.88 Å². The lowest BCUT2D eigenvalue weighted by Gasteiger charge is -2.24. The van der Waals surface area contributed by atoms with Gasteiger partial charge in [0.1, 0.15) is 17.6 Å². The number of anilines is 1. The molecule has 0 spiro atoms. The van der Waals surface area contributed by atoms with Crippen LogP contribution in [0.3, 0.4) is 0 Å². The summed E-state index contributed by atoms with van der Waals surface area (Å²) in [6.45, 7) is 3.90. The highest BCUT2D eigenvalue weighted by Crippen LogP contribution is 2.46. The zero-order chi connectivity index (χ0) is 23.1. The Bertz CT molecular complexity index is 1260. The zero-order valence-electron chi connectivity index (χ0n) is 18.0. The van der Waals surface area contributed by atoms with Crippen molar-refractivity contribution in [2.24, 2.45) is 0 Å². The molecule has 1 atom stereocenters. The van der Waals surface area contributed by atoms with Gasteiger partial charge < -0.3 is 19.3 Å². The normalized spacial score (nSPS) is 18.9. The third-order valence-corrected chi connectivity index (χ3v) is 6.30. The molecule has 0 bridgehead atoms. The minimum Gasteiger partial charge on any atom is -0.507 e. The first-order chi connectivity index (χ1) is 15.9. The molecule has 3 heterocycles. The third-order valence-electron chi connectivity index (χ3n) is 5.37. The number of nitrogens with zero attached hydrogens (tertiary/aromatic N) is 1. The quantitative estimate of drug-likeness (QED) is 0.329. The van der Waals surface area contributed by atoms with Crippen LogP contribution in [0.2, 0.25) is 0 Å². The fraction of sp³-hybridized carbons (Fsp3) is 0.200.